The van der Waals surface area contributed by atoms with E-state index in [2.05, 4.69) is 11.8 Å². The van der Waals surface area contributed by atoms with E-state index in [1.54, 1.807) is 21.3 Å². The molecule has 0 spiro atoms. The van der Waals surface area contributed by atoms with Gasteiger partial charge in [0.15, 0.2) is 11.2 Å². The number of methoxy groups -OCH3 is 2. The summed E-state index contributed by atoms with van der Waals surface area (Å²) >= 11 is 0. The summed E-state index contributed by atoms with van der Waals surface area (Å²) in [5.74, 6) is 1.69. The van der Waals surface area contributed by atoms with E-state index in [0.717, 1.165) is 18.0 Å². The van der Waals surface area contributed by atoms with Crippen molar-refractivity contribution in [3.8, 4) is 5.75 Å². The molecule has 0 N–H and O–H groups in total. The van der Waals surface area contributed by atoms with Crippen molar-refractivity contribution in [1.29, 1.82) is 0 Å². The number of anilines is 2. The molecule has 29 heavy (non-hydrogen) atoms. The summed E-state index contributed by atoms with van der Waals surface area (Å²) in [6.07, 6.45) is 0. The van der Waals surface area contributed by atoms with Crippen LogP contribution in [0.15, 0.2) is 33.9 Å². The highest BCUT2D eigenvalue weighted by molar-refractivity contribution is 5.77. The fraction of sp³-hybridized carbons (Fsp3) is 0.450. The van der Waals surface area contributed by atoms with Crippen LogP contribution in [0.5, 0.6) is 5.75 Å². The quantitative estimate of drug-likeness (QED) is 0.644. The number of nitrogens with zero attached hydrogens (tertiary/aromatic N) is 5. The monoisotopic (exact) mass is 399 g/mol. The molecule has 154 valence electrons. The second-order valence-electron chi connectivity index (χ2n) is 7.40. The molecule has 0 radical (unpaired) electrons. The molecule has 1 aliphatic heterocycles. The van der Waals surface area contributed by atoms with Crippen LogP contribution in [-0.2, 0) is 24.9 Å². The Balaban J connectivity index is 1.96. The van der Waals surface area contributed by atoms with Gasteiger partial charge in [-0.05, 0) is 18.1 Å². The van der Waals surface area contributed by atoms with Gasteiger partial charge in [-0.15, -0.1) is 0 Å². The third-order valence-electron chi connectivity index (χ3n) is 5.33. The number of rotatable bonds is 5. The number of fused-ring (bicyclic) bond motifs is 3. The van der Waals surface area contributed by atoms with Gasteiger partial charge < -0.3 is 18.9 Å². The molecule has 0 saturated carbocycles. The molecule has 3 heterocycles. The zero-order valence-corrected chi connectivity index (χ0v) is 17.1. The van der Waals surface area contributed by atoms with E-state index < -0.39 is 5.69 Å². The molecule has 0 amide bonds. The predicted molar refractivity (Wildman–Crippen MR) is 110 cm³/mol. The van der Waals surface area contributed by atoms with Crippen LogP contribution in [-0.4, -0.2) is 46.1 Å². The maximum absolute atomic E-state index is 13.2. The van der Waals surface area contributed by atoms with Gasteiger partial charge in [0.25, 0.3) is 5.56 Å². The van der Waals surface area contributed by atoms with E-state index in [9.17, 15) is 9.59 Å². The molecule has 4 rings (SSSR count). The van der Waals surface area contributed by atoms with Crippen LogP contribution in [0.1, 0.15) is 6.92 Å². The van der Waals surface area contributed by atoms with Crippen LogP contribution >= 0.6 is 0 Å². The minimum absolute atomic E-state index is 0.202. The molecule has 0 unspecified atom stereocenters. The Morgan fingerprint density at radius 1 is 1.21 bits per heavy atom. The summed E-state index contributed by atoms with van der Waals surface area (Å²) in [7, 11) is 4.82. The van der Waals surface area contributed by atoms with E-state index in [1.807, 2.05) is 28.8 Å². The molecule has 0 bridgehead atoms. The van der Waals surface area contributed by atoms with Crippen molar-refractivity contribution < 1.29 is 9.47 Å². The normalized spacial score (nSPS) is 16.3. The van der Waals surface area contributed by atoms with E-state index in [0.29, 0.717) is 23.7 Å². The van der Waals surface area contributed by atoms with E-state index in [4.69, 9.17) is 14.5 Å². The number of hydrogen-bond donors (Lipinski definition) is 0. The number of imidazole rings is 1. The highest BCUT2D eigenvalue weighted by atomic mass is 16.5. The van der Waals surface area contributed by atoms with Crippen molar-refractivity contribution >= 4 is 22.8 Å². The fourth-order valence-electron chi connectivity index (χ4n) is 3.88. The Morgan fingerprint density at radius 2 is 2.00 bits per heavy atom. The molecule has 0 aliphatic carbocycles. The smallest absolute Gasteiger partial charge is 0.332 e. The molecule has 1 aromatic carbocycles. The zero-order valence-electron chi connectivity index (χ0n) is 17.1. The molecular weight excluding hydrogens is 374 g/mol. The first-order valence-corrected chi connectivity index (χ1v) is 9.56. The molecular formula is C20H25N5O4. The molecule has 1 atom stereocenters. The van der Waals surface area contributed by atoms with Crippen LogP contribution in [0.2, 0.25) is 0 Å². The van der Waals surface area contributed by atoms with E-state index >= 15 is 0 Å². The van der Waals surface area contributed by atoms with Crippen molar-refractivity contribution in [3.05, 3.63) is 45.1 Å². The number of ether oxygens (including phenoxy) is 2. The second kappa shape index (κ2) is 7.40. The lowest BCUT2D eigenvalue weighted by Gasteiger charge is -2.33. The summed E-state index contributed by atoms with van der Waals surface area (Å²) in [5.41, 5.74) is 1.04. The molecule has 2 aromatic heterocycles. The molecule has 3 aromatic rings. The lowest BCUT2D eigenvalue weighted by Crippen LogP contribution is -2.41. The van der Waals surface area contributed by atoms with Crippen LogP contribution < -0.4 is 20.9 Å². The van der Waals surface area contributed by atoms with E-state index in [1.165, 1.54) is 9.13 Å². The van der Waals surface area contributed by atoms with Crippen LogP contribution in [0.3, 0.4) is 0 Å². The van der Waals surface area contributed by atoms with Gasteiger partial charge in [0.2, 0.25) is 5.95 Å². The molecule has 9 nitrogen and oxygen atoms in total. The molecule has 1 aliphatic rings. The first kappa shape index (κ1) is 19.3. The Bertz CT molecular complexity index is 1180. The zero-order chi connectivity index (χ0) is 20.7. The van der Waals surface area contributed by atoms with Gasteiger partial charge in [-0.2, -0.15) is 4.98 Å². The molecule has 0 saturated heterocycles. The minimum atomic E-state index is -0.393. The second-order valence-corrected chi connectivity index (χ2v) is 7.40. The third-order valence-corrected chi connectivity index (χ3v) is 5.33. The van der Waals surface area contributed by atoms with Gasteiger partial charge in [0.1, 0.15) is 5.75 Å². The predicted octanol–water partition coefficient (Wildman–Crippen LogP) is 1.34. The standard InChI is InChI=1S/C20H25N5O4/c1-13-11-24(14-6-5-7-15(10-14)29-4)19-21-17-16(25(19)12-13)18(26)23(8-9-28-3)20(27)22(17)2/h5-7,10,13H,8-9,11-12H2,1-4H3/t13-/m0/s1. The first-order valence-electron chi connectivity index (χ1n) is 9.56. The summed E-state index contributed by atoms with van der Waals surface area (Å²) in [6, 6.07) is 7.74. The van der Waals surface area contributed by atoms with Gasteiger partial charge in [-0.3, -0.25) is 13.9 Å². The minimum Gasteiger partial charge on any atom is -0.497 e. The lowest BCUT2D eigenvalue weighted by molar-refractivity contribution is 0.184. The topological polar surface area (TPSA) is 83.5 Å². The van der Waals surface area contributed by atoms with E-state index in [-0.39, 0.29) is 24.6 Å². The van der Waals surface area contributed by atoms with Crippen molar-refractivity contribution in [1.82, 2.24) is 18.7 Å². The van der Waals surface area contributed by atoms with Crippen LogP contribution in [0.25, 0.3) is 11.2 Å². The summed E-state index contributed by atoms with van der Waals surface area (Å²) < 4.78 is 15.0. The highest BCUT2D eigenvalue weighted by Gasteiger charge is 2.29. The Hall–Kier alpha value is -3.07. The Labute approximate surface area is 167 Å². The SMILES string of the molecule is COCCn1c(=O)c2c(nc3n2C[C@@H](C)CN3c2cccc(OC)c2)n(C)c1=O. The molecule has 9 heteroatoms. The maximum atomic E-state index is 13.2. The summed E-state index contributed by atoms with van der Waals surface area (Å²) in [6.45, 7) is 4.03. The van der Waals surface area contributed by atoms with Crippen LogP contribution in [0, 0.1) is 5.92 Å². The average molecular weight is 399 g/mol. The number of hydrogen-bond acceptors (Lipinski definition) is 6. The largest absolute Gasteiger partial charge is 0.497 e. The van der Waals surface area contributed by atoms with Crippen molar-refractivity contribution in [2.24, 2.45) is 13.0 Å². The van der Waals surface area contributed by atoms with Gasteiger partial charge >= 0.3 is 5.69 Å². The van der Waals surface area contributed by atoms with Crippen molar-refractivity contribution in [3.63, 3.8) is 0 Å². The summed E-state index contributed by atoms with van der Waals surface area (Å²) in [4.78, 5) is 32.7. The van der Waals surface area contributed by atoms with Crippen molar-refractivity contribution in [2.75, 3.05) is 32.3 Å². The Morgan fingerprint density at radius 3 is 2.72 bits per heavy atom. The molecule has 0 fully saturated rings. The number of benzene rings is 1. The number of aromatic nitrogens is 4. The maximum Gasteiger partial charge on any atom is 0.332 e. The van der Waals surface area contributed by atoms with Crippen LogP contribution in [0.4, 0.5) is 11.6 Å². The van der Waals surface area contributed by atoms with Gasteiger partial charge in [0.05, 0.1) is 20.3 Å². The third kappa shape index (κ3) is 3.11. The summed E-state index contributed by atoms with van der Waals surface area (Å²) in [5, 5.41) is 0. The Kier molecular flexibility index (Phi) is 4.91. The van der Waals surface area contributed by atoms with Gasteiger partial charge in [-0.25, -0.2) is 4.79 Å². The lowest BCUT2D eigenvalue weighted by atomic mass is 10.1. The van der Waals surface area contributed by atoms with Gasteiger partial charge in [-0.1, -0.05) is 13.0 Å². The van der Waals surface area contributed by atoms with Gasteiger partial charge in [0, 0.05) is 39.0 Å². The number of aryl methyl sites for hydroxylation is 1. The first-order chi connectivity index (χ1) is 14.0. The average Bonchev–Trinajstić information content (AvgIpc) is 3.11. The fourth-order valence-corrected chi connectivity index (χ4v) is 3.88. The highest BCUT2D eigenvalue weighted by Crippen LogP contribution is 2.34. The van der Waals surface area contributed by atoms with Crippen molar-refractivity contribution in [2.45, 2.75) is 20.0 Å².